The van der Waals surface area contributed by atoms with Crippen molar-refractivity contribution in [2.24, 2.45) is 46.3 Å². The van der Waals surface area contributed by atoms with Gasteiger partial charge in [0.05, 0.1) is 10.8 Å². The Kier molecular flexibility index (Phi) is 7.31. The summed E-state index contributed by atoms with van der Waals surface area (Å²) in [6.45, 7) is 4.65. The van der Waals surface area contributed by atoms with Gasteiger partial charge in [0, 0.05) is 0 Å². The second kappa shape index (κ2) is 9.93. The van der Waals surface area contributed by atoms with Gasteiger partial charge in [-0.2, -0.15) is 0 Å². The van der Waals surface area contributed by atoms with Gasteiger partial charge in [-0.05, 0) is 113 Å². The number of halogens is 1. The third-order valence-corrected chi connectivity index (χ3v) is 12.1. The molecule has 33 heavy (non-hydrogen) atoms. The zero-order chi connectivity index (χ0) is 23.1. The predicted molar refractivity (Wildman–Crippen MR) is 135 cm³/mol. The molecule has 1 atom stereocenters. The van der Waals surface area contributed by atoms with Crippen molar-refractivity contribution in [3.8, 4) is 0 Å². The molecule has 5 rings (SSSR count). The van der Waals surface area contributed by atoms with E-state index in [1.165, 1.54) is 70.6 Å². The molecule has 0 N–H and O–H groups in total. The molecule has 1 nitrogen and oxygen atoms in total. The molecule has 5 saturated carbocycles. The Morgan fingerprint density at radius 2 is 1.03 bits per heavy atom. The highest BCUT2D eigenvalue weighted by Gasteiger charge is 2.71. The monoisotopic (exact) mass is 458 g/mol. The van der Waals surface area contributed by atoms with Gasteiger partial charge in [-0.3, -0.25) is 4.79 Å². The van der Waals surface area contributed by atoms with E-state index in [9.17, 15) is 4.79 Å². The van der Waals surface area contributed by atoms with Crippen molar-refractivity contribution in [3.63, 3.8) is 0 Å². The second-order valence-electron chi connectivity index (χ2n) is 13.4. The summed E-state index contributed by atoms with van der Waals surface area (Å²) in [5.74, 6) is 5.53. The lowest BCUT2D eigenvalue weighted by Crippen LogP contribution is -2.69. The van der Waals surface area contributed by atoms with E-state index in [0.717, 1.165) is 86.9 Å². The van der Waals surface area contributed by atoms with Gasteiger partial charge in [-0.1, -0.05) is 58.8 Å². The molecule has 0 bridgehead atoms. The van der Waals surface area contributed by atoms with Crippen molar-refractivity contribution in [3.05, 3.63) is 0 Å². The lowest BCUT2D eigenvalue weighted by atomic mass is 9.41. The lowest BCUT2D eigenvalue weighted by molar-refractivity contribution is -0.194. The first kappa shape index (κ1) is 24.3. The number of hydrogen-bond acceptors (Lipinski definition) is 1. The molecule has 5 aliphatic rings. The molecule has 0 heterocycles. The summed E-state index contributed by atoms with van der Waals surface area (Å²) in [7, 11) is 0. The van der Waals surface area contributed by atoms with Crippen molar-refractivity contribution in [2.75, 3.05) is 0 Å². The SMILES string of the molecule is CCC[C@H]1CC[C@H](C2CCC3(CC2)C(=O)C2(CCC([C@H]4CC[C@H](CC)CC4)CC2)C3F)CC1. The Balaban J connectivity index is 1.11. The van der Waals surface area contributed by atoms with Crippen molar-refractivity contribution < 1.29 is 9.18 Å². The molecule has 0 aliphatic heterocycles. The van der Waals surface area contributed by atoms with Crippen LogP contribution >= 0.6 is 0 Å². The summed E-state index contributed by atoms with van der Waals surface area (Å²) < 4.78 is 16.0. The van der Waals surface area contributed by atoms with E-state index in [1.807, 2.05) is 0 Å². The molecule has 2 spiro atoms. The normalized spacial score (nSPS) is 48.7. The van der Waals surface area contributed by atoms with Crippen LogP contribution in [0.2, 0.25) is 0 Å². The lowest BCUT2D eigenvalue weighted by Gasteiger charge is -2.62. The summed E-state index contributed by atoms with van der Waals surface area (Å²) in [5, 5.41) is 0. The zero-order valence-corrected chi connectivity index (χ0v) is 21.8. The number of ketones is 1. The summed E-state index contributed by atoms with van der Waals surface area (Å²) in [5.41, 5.74) is -1.13. The van der Waals surface area contributed by atoms with E-state index >= 15 is 4.39 Å². The van der Waals surface area contributed by atoms with Gasteiger partial charge in [-0.25, -0.2) is 4.39 Å². The molecule has 0 saturated heterocycles. The van der Waals surface area contributed by atoms with E-state index in [2.05, 4.69) is 13.8 Å². The highest BCUT2D eigenvalue weighted by Crippen LogP contribution is 2.66. The van der Waals surface area contributed by atoms with E-state index in [4.69, 9.17) is 0 Å². The number of carbonyl (C=O) groups excluding carboxylic acids is 1. The van der Waals surface area contributed by atoms with Crippen LogP contribution in [0.4, 0.5) is 4.39 Å². The summed E-state index contributed by atoms with van der Waals surface area (Å²) >= 11 is 0. The summed E-state index contributed by atoms with van der Waals surface area (Å²) in [6, 6.07) is 0. The Morgan fingerprint density at radius 1 is 0.636 bits per heavy atom. The Bertz CT molecular complexity index is 652. The largest absolute Gasteiger partial charge is 0.298 e. The standard InChI is InChI=1S/C31H51FO/c1-3-5-23-8-12-25(13-9-23)27-16-20-31(21-17-27)28(32)30(29(31)33)18-14-26(15-19-30)24-10-6-22(4-2)7-11-24/h22-28H,3-21H2,1-2H3/t22-,23-,24-,25-,26?,27?,28?,30?,31?. The maximum Gasteiger partial charge on any atom is 0.151 e. The third-order valence-electron chi connectivity index (χ3n) is 12.1. The number of hydrogen-bond donors (Lipinski definition) is 0. The topological polar surface area (TPSA) is 17.1 Å². The van der Waals surface area contributed by atoms with Gasteiger partial charge in [0.15, 0.2) is 5.78 Å². The molecule has 0 radical (unpaired) electrons. The van der Waals surface area contributed by atoms with Gasteiger partial charge < -0.3 is 0 Å². The Labute approximate surface area is 203 Å². The van der Waals surface area contributed by atoms with E-state index < -0.39 is 17.0 Å². The van der Waals surface area contributed by atoms with Crippen LogP contribution in [0.25, 0.3) is 0 Å². The molecular weight excluding hydrogens is 407 g/mol. The minimum absolute atomic E-state index is 0.376. The average Bonchev–Trinajstić information content (AvgIpc) is 2.89. The molecule has 0 aromatic carbocycles. The highest BCUT2D eigenvalue weighted by molar-refractivity contribution is 5.98. The second-order valence-corrected chi connectivity index (χ2v) is 13.4. The zero-order valence-electron chi connectivity index (χ0n) is 21.8. The average molecular weight is 459 g/mol. The van der Waals surface area contributed by atoms with Gasteiger partial charge in [0.1, 0.15) is 6.17 Å². The minimum Gasteiger partial charge on any atom is -0.298 e. The van der Waals surface area contributed by atoms with Crippen molar-refractivity contribution in [2.45, 2.75) is 142 Å². The van der Waals surface area contributed by atoms with Crippen LogP contribution in [-0.2, 0) is 4.79 Å². The molecule has 188 valence electrons. The Morgan fingerprint density at radius 3 is 1.39 bits per heavy atom. The summed E-state index contributed by atoms with van der Waals surface area (Å²) in [6.07, 6.45) is 22.3. The fourth-order valence-corrected chi connectivity index (χ4v) is 9.82. The van der Waals surface area contributed by atoms with E-state index in [0.29, 0.717) is 5.78 Å². The fraction of sp³-hybridized carbons (Fsp3) is 0.968. The van der Waals surface area contributed by atoms with E-state index in [-0.39, 0.29) is 0 Å². The summed E-state index contributed by atoms with van der Waals surface area (Å²) in [4.78, 5) is 13.6. The van der Waals surface area contributed by atoms with Crippen LogP contribution in [0, 0.1) is 46.3 Å². The maximum absolute atomic E-state index is 16.0. The van der Waals surface area contributed by atoms with Crippen LogP contribution in [-0.4, -0.2) is 12.0 Å². The first-order valence-electron chi connectivity index (χ1n) is 15.2. The molecule has 0 amide bonds. The van der Waals surface area contributed by atoms with Crippen LogP contribution in [0.15, 0.2) is 0 Å². The molecule has 5 fully saturated rings. The fourth-order valence-electron chi connectivity index (χ4n) is 9.82. The molecule has 5 aliphatic carbocycles. The van der Waals surface area contributed by atoms with Gasteiger partial charge in [-0.15, -0.1) is 0 Å². The van der Waals surface area contributed by atoms with Crippen LogP contribution in [0.3, 0.4) is 0 Å². The molecular formula is C31H51FO. The first-order chi connectivity index (χ1) is 16.0. The molecule has 2 heteroatoms. The molecule has 1 unspecified atom stereocenters. The quantitative estimate of drug-likeness (QED) is 0.401. The van der Waals surface area contributed by atoms with Crippen LogP contribution in [0.1, 0.15) is 136 Å². The van der Waals surface area contributed by atoms with Crippen LogP contribution in [0.5, 0.6) is 0 Å². The highest BCUT2D eigenvalue weighted by atomic mass is 19.1. The van der Waals surface area contributed by atoms with Gasteiger partial charge in [0.2, 0.25) is 0 Å². The number of Topliss-reactive ketones (excluding diaryl/α,β-unsaturated/α-hetero) is 1. The first-order valence-corrected chi connectivity index (χ1v) is 15.2. The smallest absolute Gasteiger partial charge is 0.151 e. The van der Waals surface area contributed by atoms with Gasteiger partial charge >= 0.3 is 0 Å². The minimum atomic E-state index is -0.837. The Hall–Kier alpha value is -0.400. The number of rotatable bonds is 5. The van der Waals surface area contributed by atoms with Crippen molar-refractivity contribution in [1.82, 2.24) is 0 Å². The number of carbonyl (C=O) groups is 1. The van der Waals surface area contributed by atoms with Crippen molar-refractivity contribution >= 4 is 5.78 Å². The van der Waals surface area contributed by atoms with Crippen molar-refractivity contribution in [1.29, 1.82) is 0 Å². The molecule has 0 aromatic rings. The third kappa shape index (κ3) is 4.26. The number of alkyl halides is 1. The van der Waals surface area contributed by atoms with Gasteiger partial charge in [0.25, 0.3) is 0 Å². The molecule has 0 aromatic heterocycles. The predicted octanol–water partition coefficient (Wildman–Crippen LogP) is 9.08. The van der Waals surface area contributed by atoms with Crippen LogP contribution < -0.4 is 0 Å². The maximum atomic E-state index is 16.0. The van der Waals surface area contributed by atoms with E-state index in [1.54, 1.807) is 0 Å².